The normalized spacial score (nSPS) is 10.5. The van der Waals surface area contributed by atoms with Crippen molar-refractivity contribution in [1.29, 1.82) is 0 Å². The molecule has 130 valence electrons. The van der Waals surface area contributed by atoms with Crippen LogP contribution in [0.5, 0.6) is 17.2 Å². The second kappa shape index (κ2) is 7.61. The predicted molar refractivity (Wildman–Crippen MR) is 95.7 cm³/mol. The topological polar surface area (TPSA) is 72.6 Å². The molecule has 0 aliphatic rings. The van der Waals surface area contributed by atoms with Crippen LogP contribution in [-0.2, 0) is 0 Å². The van der Waals surface area contributed by atoms with E-state index in [1.165, 1.54) is 0 Å². The zero-order valence-corrected chi connectivity index (χ0v) is 14.2. The summed E-state index contributed by atoms with van der Waals surface area (Å²) in [5, 5.41) is 3.71. The lowest BCUT2D eigenvalue weighted by Crippen LogP contribution is -2.27. The number of amides is 1. The zero-order valence-electron chi connectivity index (χ0n) is 14.2. The minimum absolute atomic E-state index is 0.144. The first-order valence-corrected chi connectivity index (χ1v) is 7.91. The molecule has 2 N–H and O–H groups in total. The average Bonchev–Trinajstić information content (AvgIpc) is 3.08. The second-order valence-electron chi connectivity index (χ2n) is 5.39. The van der Waals surface area contributed by atoms with Crippen LogP contribution >= 0.6 is 0 Å². The van der Waals surface area contributed by atoms with Crippen molar-refractivity contribution in [3.63, 3.8) is 0 Å². The van der Waals surface area contributed by atoms with Crippen LogP contribution in [0.4, 0.5) is 0 Å². The molecule has 6 heteroatoms. The van der Waals surface area contributed by atoms with Crippen LogP contribution in [0.15, 0.2) is 48.7 Å². The van der Waals surface area contributed by atoms with Crippen LogP contribution in [0, 0.1) is 0 Å². The number of aromatic amines is 1. The molecule has 1 heterocycles. The molecule has 0 spiro atoms. The molecule has 0 unspecified atom stereocenters. The third kappa shape index (κ3) is 3.85. The third-order valence-corrected chi connectivity index (χ3v) is 3.85. The Balaban J connectivity index is 1.54. The second-order valence-corrected chi connectivity index (χ2v) is 5.39. The highest BCUT2D eigenvalue weighted by Gasteiger charge is 2.12. The highest BCUT2D eigenvalue weighted by atomic mass is 16.5. The van der Waals surface area contributed by atoms with Gasteiger partial charge in [-0.25, -0.2) is 0 Å². The standard InChI is InChI=1S/C19H20N2O4/c1-23-13-3-5-14(6-4-13)25-10-9-20-19(22)17-12-21-18-11-15(24-2)7-8-16(17)18/h3-8,11-12,21H,9-10H2,1-2H3,(H,20,22). The molecule has 3 aromatic rings. The van der Waals surface area contributed by atoms with Crippen molar-refractivity contribution < 1.29 is 19.0 Å². The maximum Gasteiger partial charge on any atom is 0.253 e. The predicted octanol–water partition coefficient (Wildman–Crippen LogP) is 2.99. The number of carbonyl (C=O) groups is 1. The van der Waals surface area contributed by atoms with Crippen molar-refractivity contribution in [3.8, 4) is 17.2 Å². The molecular formula is C19H20N2O4. The molecule has 0 saturated heterocycles. The largest absolute Gasteiger partial charge is 0.497 e. The van der Waals surface area contributed by atoms with Crippen LogP contribution < -0.4 is 19.5 Å². The van der Waals surface area contributed by atoms with Gasteiger partial charge in [-0.05, 0) is 36.4 Å². The number of ether oxygens (including phenoxy) is 3. The number of H-pyrrole nitrogens is 1. The Labute approximate surface area is 145 Å². The van der Waals surface area contributed by atoms with Crippen molar-refractivity contribution in [3.05, 3.63) is 54.2 Å². The van der Waals surface area contributed by atoms with Gasteiger partial charge >= 0.3 is 0 Å². The minimum Gasteiger partial charge on any atom is -0.497 e. The van der Waals surface area contributed by atoms with E-state index in [9.17, 15) is 4.79 Å². The molecule has 0 aliphatic heterocycles. The van der Waals surface area contributed by atoms with Gasteiger partial charge in [-0.2, -0.15) is 0 Å². The molecular weight excluding hydrogens is 320 g/mol. The molecule has 1 aromatic heterocycles. The summed E-state index contributed by atoms with van der Waals surface area (Å²) in [5.74, 6) is 2.11. The van der Waals surface area contributed by atoms with Gasteiger partial charge in [0.25, 0.3) is 5.91 Å². The lowest BCUT2D eigenvalue weighted by atomic mass is 10.1. The van der Waals surface area contributed by atoms with Crippen LogP contribution in [0.1, 0.15) is 10.4 Å². The number of hydrogen-bond acceptors (Lipinski definition) is 4. The first kappa shape index (κ1) is 16.7. The van der Waals surface area contributed by atoms with Crippen molar-refractivity contribution in [2.75, 3.05) is 27.4 Å². The molecule has 0 atom stereocenters. The van der Waals surface area contributed by atoms with E-state index in [1.54, 1.807) is 20.4 Å². The van der Waals surface area contributed by atoms with Crippen molar-refractivity contribution in [1.82, 2.24) is 10.3 Å². The number of fused-ring (bicyclic) bond motifs is 1. The van der Waals surface area contributed by atoms with Gasteiger partial charge in [-0.15, -0.1) is 0 Å². The molecule has 6 nitrogen and oxygen atoms in total. The minimum atomic E-state index is -0.144. The molecule has 1 amide bonds. The zero-order chi connectivity index (χ0) is 17.6. The number of nitrogens with one attached hydrogen (secondary N) is 2. The first-order valence-electron chi connectivity index (χ1n) is 7.91. The van der Waals surface area contributed by atoms with Gasteiger partial charge in [0.2, 0.25) is 0 Å². The van der Waals surface area contributed by atoms with Gasteiger partial charge in [-0.3, -0.25) is 4.79 Å². The van der Waals surface area contributed by atoms with Crippen molar-refractivity contribution in [2.45, 2.75) is 0 Å². The Bertz CT molecular complexity index is 855. The molecule has 0 radical (unpaired) electrons. The van der Waals surface area contributed by atoms with E-state index in [0.29, 0.717) is 18.7 Å². The quantitative estimate of drug-likeness (QED) is 0.649. The van der Waals surface area contributed by atoms with E-state index < -0.39 is 0 Å². The van der Waals surface area contributed by atoms with E-state index in [1.807, 2.05) is 42.5 Å². The number of methoxy groups -OCH3 is 2. The molecule has 0 bridgehead atoms. The number of carbonyl (C=O) groups excluding carboxylic acids is 1. The summed E-state index contributed by atoms with van der Waals surface area (Å²) in [6.07, 6.45) is 1.70. The highest BCUT2D eigenvalue weighted by Crippen LogP contribution is 2.23. The number of benzene rings is 2. The maximum absolute atomic E-state index is 12.3. The summed E-state index contributed by atoms with van der Waals surface area (Å²) >= 11 is 0. The SMILES string of the molecule is COc1ccc(OCCNC(=O)c2c[nH]c3cc(OC)ccc23)cc1. The number of aromatic nitrogens is 1. The fourth-order valence-corrected chi connectivity index (χ4v) is 2.52. The van der Waals surface area contributed by atoms with Crippen molar-refractivity contribution in [2.24, 2.45) is 0 Å². The van der Waals surface area contributed by atoms with E-state index in [-0.39, 0.29) is 5.91 Å². The Morgan fingerprint density at radius 3 is 2.40 bits per heavy atom. The Morgan fingerprint density at radius 2 is 1.68 bits per heavy atom. The average molecular weight is 340 g/mol. The molecule has 2 aromatic carbocycles. The molecule has 0 aliphatic carbocycles. The van der Waals surface area contributed by atoms with Crippen LogP contribution in [0.3, 0.4) is 0 Å². The van der Waals surface area contributed by atoms with Gasteiger partial charge in [0.05, 0.1) is 26.3 Å². The summed E-state index contributed by atoms with van der Waals surface area (Å²) in [6, 6.07) is 12.9. The Morgan fingerprint density at radius 1 is 1.00 bits per heavy atom. The fraction of sp³-hybridized carbons (Fsp3) is 0.211. The van der Waals surface area contributed by atoms with Crippen molar-refractivity contribution >= 4 is 16.8 Å². The van der Waals surface area contributed by atoms with Gasteiger partial charge < -0.3 is 24.5 Å². The van der Waals surface area contributed by atoms with Gasteiger partial charge in [0.15, 0.2) is 0 Å². The van der Waals surface area contributed by atoms with E-state index in [4.69, 9.17) is 14.2 Å². The van der Waals surface area contributed by atoms with Crippen LogP contribution in [-0.4, -0.2) is 38.3 Å². The monoisotopic (exact) mass is 340 g/mol. The van der Waals surface area contributed by atoms with E-state index in [2.05, 4.69) is 10.3 Å². The van der Waals surface area contributed by atoms with Gasteiger partial charge in [-0.1, -0.05) is 0 Å². The Kier molecular flexibility index (Phi) is 5.09. The molecule has 25 heavy (non-hydrogen) atoms. The maximum atomic E-state index is 12.3. The highest BCUT2D eigenvalue weighted by molar-refractivity contribution is 6.06. The summed E-state index contributed by atoms with van der Waals surface area (Å²) in [6.45, 7) is 0.794. The fourth-order valence-electron chi connectivity index (χ4n) is 2.52. The smallest absolute Gasteiger partial charge is 0.253 e. The van der Waals surface area contributed by atoms with Crippen LogP contribution in [0.25, 0.3) is 10.9 Å². The van der Waals surface area contributed by atoms with Gasteiger partial charge in [0, 0.05) is 23.2 Å². The lowest BCUT2D eigenvalue weighted by molar-refractivity contribution is 0.0948. The lowest BCUT2D eigenvalue weighted by Gasteiger charge is -2.08. The third-order valence-electron chi connectivity index (χ3n) is 3.85. The number of rotatable bonds is 7. The van der Waals surface area contributed by atoms with Crippen LogP contribution in [0.2, 0.25) is 0 Å². The molecule has 0 saturated carbocycles. The summed E-state index contributed by atoms with van der Waals surface area (Å²) < 4.78 is 15.9. The van der Waals surface area contributed by atoms with E-state index in [0.717, 1.165) is 28.2 Å². The number of hydrogen-bond donors (Lipinski definition) is 2. The summed E-state index contributed by atoms with van der Waals surface area (Å²) in [5.41, 5.74) is 1.46. The summed E-state index contributed by atoms with van der Waals surface area (Å²) in [7, 11) is 3.23. The summed E-state index contributed by atoms with van der Waals surface area (Å²) in [4.78, 5) is 15.4. The first-order chi connectivity index (χ1) is 12.2. The van der Waals surface area contributed by atoms with E-state index >= 15 is 0 Å². The molecule has 0 fully saturated rings. The molecule has 3 rings (SSSR count). The van der Waals surface area contributed by atoms with Gasteiger partial charge in [0.1, 0.15) is 23.9 Å². The Hall–Kier alpha value is -3.15.